The Morgan fingerprint density at radius 2 is 1.68 bits per heavy atom. The summed E-state index contributed by atoms with van der Waals surface area (Å²) in [5.41, 5.74) is 1.23. The summed E-state index contributed by atoms with van der Waals surface area (Å²) in [6.07, 6.45) is 6.70. The van der Waals surface area contributed by atoms with Crippen molar-refractivity contribution in [1.82, 2.24) is 4.72 Å². The van der Waals surface area contributed by atoms with Crippen molar-refractivity contribution in [2.75, 3.05) is 0 Å². The number of hydrogen-bond acceptors (Lipinski definition) is 4. The zero-order valence-corrected chi connectivity index (χ0v) is 14.7. The molecule has 2 aromatic rings. The average Bonchev–Trinajstić information content (AvgIpc) is 2.62. The van der Waals surface area contributed by atoms with E-state index in [2.05, 4.69) is 9.71 Å². The van der Waals surface area contributed by atoms with Gasteiger partial charge in [0.25, 0.3) is 0 Å². The minimum atomic E-state index is -3.49. The number of aromatic hydroxyl groups is 1. The maximum Gasteiger partial charge on any atom is 0.240 e. The number of nitrogens with zero attached hydrogens (tertiary/aromatic N) is 1. The molecule has 5 nitrogen and oxygen atoms in total. The Hall–Kier alpha value is -2.18. The maximum absolute atomic E-state index is 12.5. The molecule has 1 fully saturated rings. The van der Waals surface area contributed by atoms with Crippen molar-refractivity contribution in [3.8, 4) is 5.75 Å². The van der Waals surface area contributed by atoms with Gasteiger partial charge in [0.2, 0.25) is 10.0 Å². The quantitative estimate of drug-likeness (QED) is 0.799. The molecule has 132 valence electrons. The van der Waals surface area contributed by atoms with Gasteiger partial charge in [0.1, 0.15) is 5.75 Å². The first-order chi connectivity index (χ1) is 12.0. The van der Waals surface area contributed by atoms with Gasteiger partial charge in [-0.15, -0.1) is 0 Å². The Bertz CT molecular complexity index is 839. The summed E-state index contributed by atoms with van der Waals surface area (Å²) in [6.45, 7) is 0. The van der Waals surface area contributed by atoms with Gasteiger partial charge in [0.05, 0.1) is 10.6 Å². The molecule has 1 aliphatic carbocycles. The topological polar surface area (TPSA) is 78.8 Å². The first-order valence-electron chi connectivity index (χ1n) is 8.49. The minimum Gasteiger partial charge on any atom is -0.507 e. The number of rotatable bonds is 5. The number of para-hydroxylation sites is 1. The van der Waals surface area contributed by atoms with Crippen molar-refractivity contribution in [2.45, 2.75) is 43.0 Å². The average molecular weight is 358 g/mol. The molecule has 25 heavy (non-hydrogen) atoms. The molecule has 0 amide bonds. The first-order valence-corrected chi connectivity index (χ1v) is 9.97. The molecule has 0 aliphatic heterocycles. The first kappa shape index (κ1) is 17.6. The molecule has 1 aliphatic rings. The molecule has 0 unspecified atom stereocenters. The smallest absolute Gasteiger partial charge is 0.240 e. The van der Waals surface area contributed by atoms with E-state index in [4.69, 9.17) is 0 Å². The van der Waals surface area contributed by atoms with Crippen molar-refractivity contribution in [2.24, 2.45) is 4.99 Å². The number of phenols is 1. The minimum absolute atomic E-state index is 0.0394. The molecule has 3 rings (SSSR count). The lowest BCUT2D eigenvalue weighted by atomic mass is 9.96. The third-order valence-corrected chi connectivity index (χ3v) is 5.90. The molecule has 1 saturated carbocycles. The number of sulfonamides is 1. The second kappa shape index (κ2) is 7.80. The summed E-state index contributed by atoms with van der Waals surface area (Å²) in [5.74, 6) is 0.155. The van der Waals surface area contributed by atoms with Crippen LogP contribution in [0.2, 0.25) is 0 Å². The van der Waals surface area contributed by atoms with E-state index in [1.807, 2.05) is 6.07 Å². The van der Waals surface area contributed by atoms with Gasteiger partial charge < -0.3 is 5.11 Å². The van der Waals surface area contributed by atoms with Crippen LogP contribution in [0.4, 0.5) is 5.69 Å². The number of phenolic OH excluding ortho intramolecular Hbond substituents is 1. The Morgan fingerprint density at radius 3 is 2.36 bits per heavy atom. The molecule has 0 atom stereocenters. The number of benzene rings is 2. The van der Waals surface area contributed by atoms with E-state index in [9.17, 15) is 13.5 Å². The van der Waals surface area contributed by atoms with Crippen LogP contribution in [0.1, 0.15) is 37.7 Å². The monoisotopic (exact) mass is 358 g/mol. The Labute approximate surface area is 148 Å². The lowest BCUT2D eigenvalue weighted by molar-refractivity contribution is 0.412. The van der Waals surface area contributed by atoms with Crippen molar-refractivity contribution < 1.29 is 13.5 Å². The molecule has 0 saturated heterocycles. The zero-order chi connectivity index (χ0) is 17.7. The lowest BCUT2D eigenvalue weighted by Gasteiger charge is -2.22. The molecule has 0 bridgehead atoms. The van der Waals surface area contributed by atoms with E-state index >= 15 is 0 Å². The van der Waals surface area contributed by atoms with Crippen LogP contribution in [0.3, 0.4) is 0 Å². The molecule has 6 heteroatoms. The van der Waals surface area contributed by atoms with Crippen LogP contribution >= 0.6 is 0 Å². The molecular formula is C19H22N2O3S. The Balaban J connectivity index is 1.70. The third-order valence-electron chi connectivity index (χ3n) is 4.36. The number of aliphatic imine (C=N–C) groups is 1. The SMILES string of the molecule is O=S(=O)(NC1CCCCC1)c1ccc(N=Cc2ccccc2O)cc1. The summed E-state index contributed by atoms with van der Waals surface area (Å²) >= 11 is 0. The van der Waals surface area contributed by atoms with E-state index < -0.39 is 10.0 Å². The summed E-state index contributed by atoms with van der Waals surface area (Å²) < 4.78 is 27.7. The highest BCUT2D eigenvalue weighted by molar-refractivity contribution is 7.89. The Kier molecular flexibility index (Phi) is 5.50. The van der Waals surface area contributed by atoms with Crippen LogP contribution in [0.5, 0.6) is 5.75 Å². The normalized spacial score (nSPS) is 16.3. The summed E-state index contributed by atoms with van der Waals surface area (Å²) in [6, 6.07) is 13.4. The van der Waals surface area contributed by atoms with Gasteiger partial charge in [-0.2, -0.15) is 0 Å². The number of hydrogen-bond donors (Lipinski definition) is 2. The summed E-state index contributed by atoms with van der Waals surface area (Å²) in [7, 11) is -3.49. The van der Waals surface area contributed by atoms with Crippen LogP contribution < -0.4 is 4.72 Å². The molecule has 0 aromatic heterocycles. The van der Waals surface area contributed by atoms with Gasteiger partial charge in [-0.25, -0.2) is 13.1 Å². The van der Waals surface area contributed by atoms with Crippen LogP contribution in [0.25, 0.3) is 0 Å². The van der Waals surface area contributed by atoms with E-state index in [0.717, 1.165) is 25.7 Å². The fourth-order valence-corrected chi connectivity index (χ4v) is 4.27. The summed E-state index contributed by atoms with van der Waals surface area (Å²) in [5, 5.41) is 9.72. The third kappa shape index (κ3) is 4.67. The largest absolute Gasteiger partial charge is 0.507 e. The van der Waals surface area contributed by atoms with Gasteiger partial charge >= 0.3 is 0 Å². The van der Waals surface area contributed by atoms with Crippen molar-refractivity contribution in [3.63, 3.8) is 0 Å². The van der Waals surface area contributed by atoms with Crippen molar-refractivity contribution >= 4 is 21.9 Å². The van der Waals surface area contributed by atoms with Gasteiger partial charge in [-0.1, -0.05) is 31.4 Å². The highest BCUT2D eigenvalue weighted by atomic mass is 32.2. The summed E-state index contributed by atoms with van der Waals surface area (Å²) in [4.78, 5) is 4.53. The van der Waals surface area contributed by atoms with Crippen LogP contribution in [0, 0.1) is 0 Å². The maximum atomic E-state index is 12.5. The zero-order valence-electron chi connectivity index (χ0n) is 13.9. The highest BCUT2D eigenvalue weighted by Crippen LogP contribution is 2.22. The van der Waals surface area contributed by atoms with Crippen molar-refractivity contribution in [1.29, 1.82) is 0 Å². The molecule has 0 spiro atoms. The standard InChI is InChI=1S/C19H22N2O3S/c22-19-9-5-4-6-15(19)14-20-16-10-12-18(13-11-16)25(23,24)21-17-7-2-1-3-8-17/h4-6,9-14,17,21-22H,1-3,7-8H2. The fraction of sp³-hybridized carbons (Fsp3) is 0.316. The molecular weight excluding hydrogens is 336 g/mol. The second-order valence-corrected chi connectivity index (χ2v) is 7.98. The van der Waals surface area contributed by atoms with Crippen LogP contribution in [-0.2, 0) is 10.0 Å². The fourth-order valence-electron chi connectivity index (χ4n) is 2.96. The van der Waals surface area contributed by atoms with E-state index in [1.165, 1.54) is 6.42 Å². The van der Waals surface area contributed by atoms with Gasteiger partial charge in [-0.3, -0.25) is 4.99 Å². The van der Waals surface area contributed by atoms with Gasteiger partial charge in [-0.05, 0) is 49.2 Å². The Morgan fingerprint density at radius 1 is 1.00 bits per heavy atom. The van der Waals surface area contributed by atoms with E-state index in [-0.39, 0.29) is 16.7 Å². The predicted molar refractivity (Wildman–Crippen MR) is 99.0 cm³/mol. The molecule has 0 radical (unpaired) electrons. The van der Waals surface area contributed by atoms with E-state index in [1.54, 1.807) is 48.7 Å². The van der Waals surface area contributed by atoms with E-state index in [0.29, 0.717) is 11.3 Å². The molecule has 0 heterocycles. The van der Waals surface area contributed by atoms with Crippen molar-refractivity contribution in [3.05, 3.63) is 54.1 Å². The highest BCUT2D eigenvalue weighted by Gasteiger charge is 2.21. The molecule has 2 aromatic carbocycles. The second-order valence-electron chi connectivity index (χ2n) is 6.27. The van der Waals surface area contributed by atoms with Crippen LogP contribution in [-0.4, -0.2) is 25.8 Å². The number of nitrogens with one attached hydrogen (secondary N) is 1. The predicted octanol–water partition coefficient (Wildman–Crippen LogP) is 3.75. The molecule has 2 N–H and O–H groups in total. The van der Waals surface area contributed by atoms with Gasteiger partial charge in [0, 0.05) is 17.8 Å². The van der Waals surface area contributed by atoms with Gasteiger partial charge in [0.15, 0.2) is 0 Å². The van der Waals surface area contributed by atoms with Crippen LogP contribution in [0.15, 0.2) is 58.4 Å². The lowest BCUT2D eigenvalue weighted by Crippen LogP contribution is -2.36.